The Bertz CT molecular complexity index is 759. The Morgan fingerprint density at radius 1 is 0.935 bits per heavy atom. The van der Waals surface area contributed by atoms with Crippen LogP contribution in [-0.4, -0.2) is 58.7 Å². The van der Waals surface area contributed by atoms with Crippen molar-refractivity contribution in [3.63, 3.8) is 0 Å². The zero-order valence-corrected chi connectivity index (χ0v) is 18.9. The van der Waals surface area contributed by atoms with Crippen molar-refractivity contribution in [1.29, 1.82) is 0 Å². The number of amides is 3. The Labute approximate surface area is 187 Å². The first-order chi connectivity index (χ1) is 14.5. The quantitative estimate of drug-likeness (QED) is 0.247. The number of benzene rings is 1. The van der Waals surface area contributed by atoms with E-state index in [4.69, 9.17) is 5.73 Å². The summed E-state index contributed by atoms with van der Waals surface area (Å²) in [6.07, 6.45) is 0.407. The molecule has 31 heavy (non-hydrogen) atoms. The summed E-state index contributed by atoms with van der Waals surface area (Å²) in [7, 11) is 0. The number of carboxylic acid groups (broad SMARTS) is 1. The molecule has 172 valence electrons. The summed E-state index contributed by atoms with van der Waals surface area (Å²) in [5.41, 5.74) is 6.38. The fourth-order valence-corrected chi connectivity index (χ4v) is 2.96. The van der Waals surface area contributed by atoms with E-state index in [-0.39, 0.29) is 24.5 Å². The smallest absolute Gasteiger partial charge is 0.326 e. The van der Waals surface area contributed by atoms with Crippen molar-refractivity contribution in [2.24, 2.45) is 11.7 Å². The van der Waals surface area contributed by atoms with Crippen LogP contribution in [0.5, 0.6) is 0 Å². The first-order valence-corrected chi connectivity index (χ1v) is 10.7. The summed E-state index contributed by atoms with van der Waals surface area (Å²) in [5, 5.41) is 17.0. The minimum absolute atomic E-state index is 0.0508. The summed E-state index contributed by atoms with van der Waals surface area (Å²) in [4.78, 5) is 48.9. The fourth-order valence-electron chi connectivity index (χ4n) is 2.79. The first kappa shape index (κ1) is 26.4. The highest BCUT2D eigenvalue weighted by Gasteiger charge is 2.29. The molecule has 4 atom stereocenters. The Hall–Kier alpha value is -2.59. The molecule has 0 saturated heterocycles. The topological polar surface area (TPSA) is 151 Å². The molecule has 6 N–H and O–H groups in total. The summed E-state index contributed by atoms with van der Waals surface area (Å²) in [5.74, 6) is -2.72. The molecule has 0 aliphatic heterocycles. The molecule has 0 radical (unpaired) electrons. The molecular formula is C21H32N4O5S. The van der Waals surface area contributed by atoms with Crippen LogP contribution in [0, 0.1) is 5.92 Å². The van der Waals surface area contributed by atoms with Crippen LogP contribution in [-0.2, 0) is 25.6 Å². The number of hydrogen-bond acceptors (Lipinski definition) is 6. The lowest BCUT2D eigenvalue weighted by Gasteiger charge is -2.24. The molecular weight excluding hydrogens is 420 g/mol. The Morgan fingerprint density at radius 2 is 1.52 bits per heavy atom. The molecule has 0 aromatic heterocycles. The number of carbonyl (C=O) groups excluding carboxylic acids is 3. The van der Waals surface area contributed by atoms with E-state index in [0.29, 0.717) is 0 Å². The summed E-state index contributed by atoms with van der Waals surface area (Å²) in [6, 6.07) is 5.10. The molecule has 1 rings (SSSR count). The number of rotatable bonds is 12. The summed E-state index contributed by atoms with van der Waals surface area (Å²) in [6.45, 7) is 5.17. The van der Waals surface area contributed by atoms with Gasteiger partial charge < -0.3 is 26.8 Å². The van der Waals surface area contributed by atoms with E-state index in [1.807, 2.05) is 19.9 Å². The minimum atomic E-state index is -1.15. The van der Waals surface area contributed by atoms with E-state index in [1.54, 1.807) is 24.3 Å². The van der Waals surface area contributed by atoms with Crippen LogP contribution in [0.25, 0.3) is 0 Å². The molecule has 1 aromatic rings. The molecule has 0 aliphatic carbocycles. The highest BCUT2D eigenvalue weighted by molar-refractivity contribution is 7.80. The van der Waals surface area contributed by atoms with Gasteiger partial charge in [0.2, 0.25) is 17.7 Å². The number of thiol groups is 1. The van der Waals surface area contributed by atoms with Crippen LogP contribution in [0.1, 0.15) is 32.8 Å². The fraction of sp³-hybridized carbons (Fsp3) is 0.524. The van der Waals surface area contributed by atoms with Crippen LogP contribution in [0.3, 0.4) is 0 Å². The number of carboxylic acids is 1. The lowest BCUT2D eigenvalue weighted by Crippen LogP contribution is -2.57. The van der Waals surface area contributed by atoms with Gasteiger partial charge in [-0.15, -0.1) is 0 Å². The van der Waals surface area contributed by atoms with Crippen molar-refractivity contribution in [3.8, 4) is 0 Å². The number of nitrogens with two attached hydrogens (primary N) is 1. The van der Waals surface area contributed by atoms with Gasteiger partial charge in [-0.2, -0.15) is 12.6 Å². The number of aliphatic carboxylic acids is 1. The molecule has 10 heteroatoms. The third-order valence-electron chi connectivity index (χ3n) is 4.52. The standard InChI is InChI=1S/C21H32N4O5S/c1-12(2)9-17(21(29)30)25-20(28)16(10-14-7-5-4-6-8-14)24-18(26)13(3)23-19(27)15(22)11-31/h4-8,12-13,15-17,31H,9-11,22H2,1-3H3,(H,23,27)(H,24,26)(H,25,28)(H,29,30). The van der Waals surface area contributed by atoms with E-state index in [2.05, 4.69) is 28.6 Å². The van der Waals surface area contributed by atoms with Gasteiger partial charge in [0, 0.05) is 12.2 Å². The van der Waals surface area contributed by atoms with Gasteiger partial charge in [0.15, 0.2) is 0 Å². The van der Waals surface area contributed by atoms with Gasteiger partial charge in [-0.25, -0.2) is 4.79 Å². The Morgan fingerprint density at radius 3 is 2.03 bits per heavy atom. The van der Waals surface area contributed by atoms with Gasteiger partial charge in [0.1, 0.15) is 18.1 Å². The van der Waals surface area contributed by atoms with Gasteiger partial charge >= 0.3 is 5.97 Å². The van der Waals surface area contributed by atoms with E-state index in [9.17, 15) is 24.3 Å². The SMILES string of the molecule is CC(C)CC(NC(=O)C(Cc1ccccc1)NC(=O)C(C)NC(=O)C(N)CS)C(=O)O. The number of hydrogen-bond donors (Lipinski definition) is 6. The van der Waals surface area contributed by atoms with Crippen LogP contribution in [0.2, 0.25) is 0 Å². The molecule has 1 aromatic carbocycles. The molecule has 4 unspecified atom stereocenters. The number of carbonyl (C=O) groups is 4. The molecule has 0 aliphatic rings. The van der Waals surface area contributed by atoms with Crippen molar-refractivity contribution in [3.05, 3.63) is 35.9 Å². The maximum absolute atomic E-state index is 12.9. The van der Waals surface area contributed by atoms with Crippen LogP contribution < -0.4 is 21.7 Å². The van der Waals surface area contributed by atoms with E-state index in [0.717, 1.165) is 5.56 Å². The Kier molecular flexibility index (Phi) is 11.1. The van der Waals surface area contributed by atoms with E-state index in [1.165, 1.54) is 6.92 Å². The van der Waals surface area contributed by atoms with Gasteiger partial charge in [-0.3, -0.25) is 14.4 Å². The van der Waals surface area contributed by atoms with Gasteiger partial charge in [0.25, 0.3) is 0 Å². The third-order valence-corrected chi connectivity index (χ3v) is 4.92. The maximum atomic E-state index is 12.9. The van der Waals surface area contributed by atoms with Crippen molar-refractivity contribution in [2.45, 2.75) is 57.8 Å². The average molecular weight is 453 g/mol. The third kappa shape index (κ3) is 9.39. The maximum Gasteiger partial charge on any atom is 0.326 e. The zero-order valence-electron chi connectivity index (χ0n) is 18.0. The lowest BCUT2D eigenvalue weighted by molar-refractivity contribution is -0.142. The summed E-state index contributed by atoms with van der Waals surface area (Å²) < 4.78 is 0. The normalized spacial score (nSPS) is 14.8. The first-order valence-electron chi connectivity index (χ1n) is 10.1. The van der Waals surface area contributed by atoms with Gasteiger partial charge in [0.05, 0.1) is 6.04 Å². The molecule has 0 heterocycles. The molecule has 0 fully saturated rings. The monoisotopic (exact) mass is 452 g/mol. The van der Waals surface area contributed by atoms with Gasteiger partial charge in [-0.1, -0.05) is 44.2 Å². The predicted octanol–water partition coefficient (Wildman–Crippen LogP) is 0.0912. The lowest BCUT2D eigenvalue weighted by atomic mass is 10.0. The average Bonchev–Trinajstić information content (AvgIpc) is 2.72. The second kappa shape index (κ2) is 13.0. The van der Waals surface area contributed by atoms with Crippen molar-refractivity contribution in [2.75, 3.05) is 5.75 Å². The van der Waals surface area contributed by atoms with Crippen molar-refractivity contribution < 1.29 is 24.3 Å². The molecule has 0 bridgehead atoms. The minimum Gasteiger partial charge on any atom is -0.480 e. The highest BCUT2D eigenvalue weighted by Crippen LogP contribution is 2.08. The second-order valence-electron chi connectivity index (χ2n) is 7.80. The highest BCUT2D eigenvalue weighted by atomic mass is 32.1. The van der Waals surface area contributed by atoms with Crippen molar-refractivity contribution >= 4 is 36.3 Å². The Balaban J connectivity index is 2.95. The molecule has 0 spiro atoms. The van der Waals surface area contributed by atoms with Crippen LogP contribution in [0.4, 0.5) is 0 Å². The largest absolute Gasteiger partial charge is 0.480 e. The zero-order chi connectivity index (χ0) is 23.6. The van der Waals surface area contributed by atoms with Crippen LogP contribution in [0.15, 0.2) is 30.3 Å². The van der Waals surface area contributed by atoms with E-state index < -0.39 is 47.9 Å². The van der Waals surface area contributed by atoms with Crippen molar-refractivity contribution in [1.82, 2.24) is 16.0 Å². The molecule has 9 nitrogen and oxygen atoms in total. The predicted molar refractivity (Wildman–Crippen MR) is 121 cm³/mol. The van der Waals surface area contributed by atoms with Crippen LogP contribution >= 0.6 is 12.6 Å². The molecule has 0 saturated carbocycles. The number of nitrogens with one attached hydrogen (secondary N) is 3. The van der Waals surface area contributed by atoms with Gasteiger partial charge in [-0.05, 0) is 24.8 Å². The summed E-state index contributed by atoms with van der Waals surface area (Å²) >= 11 is 3.95. The van der Waals surface area contributed by atoms with E-state index >= 15 is 0 Å². The molecule has 3 amide bonds. The second-order valence-corrected chi connectivity index (χ2v) is 8.16.